The Balaban J connectivity index is 0.945. The second kappa shape index (κ2) is 22.0. The number of thioether (sulfide) groups is 1. The highest BCUT2D eigenvalue weighted by Gasteiger charge is 2.48. The number of piperazine rings is 2. The van der Waals surface area contributed by atoms with Crippen LogP contribution in [0.4, 0.5) is 24.5 Å². The first-order chi connectivity index (χ1) is 34.0. The van der Waals surface area contributed by atoms with Crippen molar-refractivity contribution < 1.29 is 34.8 Å². The molecule has 0 spiro atoms. The normalized spacial score (nSPS) is 18.4. The van der Waals surface area contributed by atoms with Crippen molar-refractivity contribution in [1.82, 2.24) is 19.4 Å². The highest BCUT2D eigenvalue weighted by Crippen LogP contribution is 2.43. The van der Waals surface area contributed by atoms with Crippen LogP contribution in [0.3, 0.4) is 0 Å². The predicted octanol–water partition coefficient (Wildman–Crippen LogP) is 11.1. The molecule has 1 unspecified atom stereocenters. The number of halogens is 4. The Morgan fingerprint density at radius 3 is 2.18 bits per heavy atom. The molecule has 1 aliphatic carbocycles. The Labute approximate surface area is 436 Å². The van der Waals surface area contributed by atoms with Crippen LogP contribution in [-0.2, 0) is 19.9 Å². The summed E-state index contributed by atoms with van der Waals surface area (Å²) in [7, 11) is -10.9. The lowest BCUT2D eigenvalue weighted by atomic mass is 9.73. The lowest BCUT2D eigenvalue weighted by Gasteiger charge is -2.42. The fraction of sp³-hybridized carbons (Fsp3) is 0.453. The first kappa shape index (κ1) is 54.1. The molecule has 4 aromatic carbocycles. The van der Waals surface area contributed by atoms with Crippen molar-refractivity contribution in [3.05, 3.63) is 118 Å². The molecule has 2 fully saturated rings. The number of thiophene rings is 1. The minimum absolute atomic E-state index is 0.00234. The molecule has 3 aliphatic rings. The second-order valence-corrected chi connectivity index (χ2v) is 26.8. The van der Waals surface area contributed by atoms with Crippen LogP contribution in [0.5, 0.6) is 0 Å². The summed E-state index contributed by atoms with van der Waals surface area (Å²) in [5.74, 6) is -0.640. The van der Waals surface area contributed by atoms with E-state index in [9.17, 15) is 34.8 Å². The average Bonchev–Trinajstić information content (AvgIpc) is 3.75. The second-order valence-electron chi connectivity index (χ2n) is 20.8. The highest BCUT2D eigenvalue weighted by atomic mass is 35.5. The number of sulfone groups is 1. The van der Waals surface area contributed by atoms with Gasteiger partial charge in [0.1, 0.15) is 4.90 Å². The Kier molecular flexibility index (Phi) is 16.5. The van der Waals surface area contributed by atoms with Crippen LogP contribution in [0, 0.1) is 5.41 Å². The zero-order valence-corrected chi connectivity index (χ0v) is 45.4. The van der Waals surface area contributed by atoms with Crippen molar-refractivity contribution >= 4 is 87.5 Å². The number of anilines is 2. The minimum atomic E-state index is -6.08. The van der Waals surface area contributed by atoms with E-state index < -0.39 is 47.1 Å². The summed E-state index contributed by atoms with van der Waals surface area (Å²) >= 11 is 9.30. The maximum atomic E-state index is 14.4. The summed E-state index contributed by atoms with van der Waals surface area (Å²) in [6.07, 6.45) is 3.62. The van der Waals surface area contributed by atoms with Gasteiger partial charge in [-0.25, -0.2) is 21.6 Å². The molecule has 8 rings (SSSR count). The Morgan fingerprint density at radius 2 is 1.51 bits per heavy atom. The Morgan fingerprint density at radius 1 is 0.847 bits per heavy atom. The van der Waals surface area contributed by atoms with Gasteiger partial charge in [0.05, 0.1) is 10.6 Å². The van der Waals surface area contributed by atoms with Gasteiger partial charge in [-0.2, -0.15) is 13.2 Å². The number of carbonyl (C=O) groups is 1. The summed E-state index contributed by atoms with van der Waals surface area (Å²) < 4.78 is 100. The molecule has 1 atom stereocenters. The number of sulfonamides is 1. The van der Waals surface area contributed by atoms with Gasteiger partial charge < -0.3 is 15.1 Å². The molecule has 2 aliphatic heterocycles. The first-order valence-corrected chi connectivity index (χ1v) is 29.6. The molecule has 2 saturated heterocycles. The van der Waals surface area contributed by atoms with Crippen molar-refractivity contribution in [2.24, 2.45) is 5.41 Å². The molecule has 0 bridgehead atoms. The topological polar surface area (TPSA) is 122 Å². The number of hydrogen-bond donors (Lipinski definition) is 2. The number of nitrogens with one attached hydrogen (secondary N) is 2. The number of carbonyl (C=O) groups excluding carboxylic acids is 1. The zero-order chi connectivity index (χ0) is 51.6. The summed E-state index contributed by atoms with van der Waals surface area (Å²) in [6, 6.07) is 24.5. The van der Waals surface area contributed by atoms with Crippen LogP contribution in [0.1, 0.15) is 76.2 Å². The van der Waals surface area contributed by atoms with Gasteiger partial charge in [0, 0.05) is 119 Å². The third-order valence-electron chi connectivity index (χ3n) is 14.1. The molecule has 0 radical (unpaired) electrons. The van der Waals surface area contributed by atoms with E-state index in [0.717, 1.165) is 111 Å². The van der Waals surface area contributed by atoms with Crippen LogP contribution in [0.15, 0.2) is 117 Å². The van der Waals surface area contributed by atoms with Crippen molar-refractivity contribution in [2.45, 2.75) is 92.1 Å². The summed E-state index contributed by atoms with van der Waals surface area (Å²) in [6.45, 7) is 19.0. The maximum Gasteiger partial charge on any atom is 0.501 e. The van der Waals surface area contributed by atoms with Crippen LogP contribution in [0.2, 0.25) is 5.02 Å². The largest absolute Gasteiger partial charge is 0.501 e. The van der Waals surface area contributed by atoms with Gasteiger partial charge in [0.15, 0.2) is 0 Å². The number of amides is 1. The maximum absolute atomic E-state index is 14.4. The first-order valence-electron chi connectivity index (χ1n) is 24.4. The molecule has 3 heterocycles. The Hall–Kier alpha value is -4.14. The van der Waals surface area contributed by atoms with Gasteiger partial charge in [0.25, 0.3) is 25.8 Å². The molecule has 2 N–H and O–H groups in total. The summed E-state index contributed by atoms with van der Waals surface area (Å²) in [5, 5.41) is 6.88. The standard InChI is InChI=1S/C53H64ClF3N6O5S4/c1-51(2,3)63-30-26-60(27-31-63)23-21-41(35-69-48-36-70-47-9-7-6-8-45(47)48)58-46-19-18-43(32-49(46)71(65,66)53(55,56)57)72(67,68)59-50(64)38-12-16-42(17-13-38)62-28-24-61(25-29-62)34-39-33-52(4,5)22-20-44(39)37-10-14-40(54)15-11-37/h6-19,32,36,41,58H,20-31,33-35H2,1-5H3,(H,59,64). The fourth-order valence-electron chi connectivity index (χ4n) is 9.85. The SMILES string of the molecule is CC1(C)CCC(c2ccc(Cl)cc2)=C(CN2CCN(c3ccc(C(=O)NS(=O)(=O)c4ccc(NC(CCN5CCN(C(C)(C)C)CC5)CSc5csc6ccccc56)c(S(=O)(=O)C(F)(F)F)c4)cc3)CC2)C1. The van der Waals surface area contributed by atoms with Gasteiger partial charge in [0.2, 0.25) is 0 Å². The van der Waals surface area contributed by atoms with E-state index in [1.807, 2.05) is 46.5 Å². The Bertz CT molecular complexity index is 2980. The van der Waals surface area contributed by atoms with Crippen LogP contribution in [-0.4, -0.2) is 126 Å². The van der Waals surface area contributed by atoms with E-state index >= 15 is 0 Å². The van der Waals surface area contributed by atoms with Gasteiger partial charge in [-0.1, -0.05) is 61.4 Å². The fourth-order valence-corrected chi connectivity index (χ4v) is 14.3. The lowest BCUT2D eigenvalue weighted by Crippen LogP contribution is -2.53. The van der Waals surface area contributed by atoms with E-state index in [4.69, 9.17) is 11.6 Å². The van der Waals surface area contributed by atoms with Crippen LogP contribution in [0.25, 0.3) is 15.7 Å². The van der Waals surface area contributed by atoms with Crippen molar-refractivity contribution in [2.75, 3.05) is 81.4 Å². The van der Waals surface area contributed by atoms with E-state index in [1.54, 1.807) is 23.5 Å². The molecule has 19 heteroatoms. The van der Waals surface area contributed by atoms with E-state index in [-0.39, 0.29) is 22.2 Å². The molecular formula is C53H64ClF3N6O5S4. The predicted molar refractivity (Wildman–Crippen MR) is 288 cm³/mol. The summed E-state index contributed by atoms with van der Waals surface area (Å²) in [4.78, 5) is 21.8. The van der Waals surface area contributed by atoms with Gasteiger partial charge in [-0.15, -0.1) is 23.1 Å². The number of rotatable bonds is 16. The monoisotopic (exact) mass is 1080 g/mol. The molecular weight excluding hydrogens is 1020 g/mol. The smallest absolute Gasteiger partial charge is 0.380 e. The van der Waals surface area contributed by atoms with Crippen molar-refractivity contribution in [1.29, 1.82) is 0 Å². The van der Waals surface area contributed by atoms with Crippen molar-refractivity contribution in [3.8, 4) is 0 Å². The molecule has 388 valence electrons. The van der Waals surface area contributed by atoms with Gasteiger partial charge in [-0.05, 0) is 124 Å². The highest BCUT2D eigenvalue weighted by molar-refractivity contribution is 7.99. The average molecular weight is 1090 g/mol. The zero-order valence-electron chi connectivity index (χ0n) is 41.4. The van der Waals surface area contributed by atoms with Gasteiger partial charge >= 0.3 is 5.51 Å². The third kappa shape index (κ3) is 13.0. The number of benzene rings is 4. The summed E-state index contributed by atoms with van der Waals surface area (Å²) in [5.41, 5.74) is -0.986. The number of allylic oxidation sites excluding steroid dienone is 1. The van der Waals surface area contributed by atoms with E-state index in [1.165, 1.54) is 40.6 Å². The number of fused-ring (bicyclic) bond motifs is 1. The van der Waals surface area contributed by atoms with E-state index in [2.05, 4.69) is 71.7 Å². The van der Waals surface area contributed by atoms with E-state index in [0.29, 0.717) is 29.8 Å². The van der Waals surface area contributed by atoms with Crippen LogP contribution < -0.4 is 14.9 Å². The number of alkyl halides is 3. The molecule has 72 heavy (non-hydrogen) atoms. The molecule has 0 saturated carbocycles. The third-order valence-corrected chi connectivity index (χ3v) is 19.5. The lowest BCUT2D eigenvalue weighted by molar-refractivity contribution is -0.0435. The molecule has 1 aromatic heterocycles. The molecule has 1 amide bonds. The molecule has 5 aromatic rings. The van der Waals surface area contributed by atoms with Crippen LogP contribution >= 0.6 is 34.7 Å². The quantitative estimate of drug-likeness (QED) is 0.0919. The van der Waals surface area contributed by atoms with Gasteiger partial charge in [-0.3, -0.25) is 14.6 Å². The molecule has 11 nitrogen and oxygen atoms in total. The van der Waals surface area contributed by atoms with Crippen molar-refractivity contribution in [3.63, 3.8) is 0 Å². The number of hydrogen-bond acceptors (Lipinski definition) is 12. The minimum Gasteiger partial charge on any atom is -0.380 e. The number of nitrogens with zero attached hydrogens (tertiary/aromatic N) is 4.